The minimum atomic E-state index is -1.72. The second kappa shape index (κ2) is 43.0. The highest BCUT2D eigenvalue weighted by Gasteiger charge is 2.42. The Morgan fingerprint density at radius 3 is 1.55 bits per heavy atom. The number of fused-ring (bicyclic) bond motifs is 1. The summed E-state index contributed by atoms with van der Waals surface area (Å²) in [6.45, 7) is 17.9. The number of nitrogens with one attached hydrogen (secondary N) is 10. The molecule has 4 aromatic carbocycles. The molecule has 9 atom stereocenters. The molecule has 0 aliphatic heterocycles. The third-order valence-corrected chi connectivity index (χ3v) is 18.7. The summed E-state index contributed by atoms with van der Waals surface area (Å²) in [5.41, 5.74) is 5.75. The number of unbranched alkanes of at least 4 members (excludes halogenated alkanes) is 1. The van der Waals surface area contributed by atoms with Crippen LogP contribution in [-0.4, -0.2) is 179 Å². The summed E-state index contributed by atoms with van der Waals surface area (Å²) in [6, 6.07) is 21.9. The van der Waals surface area contributed by atoms with Crippen LogP contribution >= 0.6 is 27.7 Å². The van der Waals surface area contributed by atoms with Gasteiger partial charge in [0.15, 0.2) is 0 Å². The largest absolute Gasteiger partial charge is 0.497 e. The van der Waals surface area contributed by atoms with Crippen molar-refractivity contribution in [2.75, 3.05) is 38.8 Å². The summed E-state index contributed by atoms with van der Waals surface area (Å²) < 4.78 is 21.1. The van der Waals surface area contributed by atoms with Gasteiger partial charge in [0.25, 0.3) is 0 Å². The summed E-state index contributed by atoms with van der Waals surface area (Å²) in [4.78, 5) is 182. The molecule has 110 heavy (non-hydrogen) atoms. The van der Waals surface area contributed by atoms with Crippen LogP contribution < -0.4 is 69.3 Å². The number of carboxylic acid groups (broad SMARTS) is 1. The number of alkyl halides is 1. The molecular formula is C79H108BrN11O18S. The molecule has 0 fully saturated rings. The van der Waals surface area contributed by atoms with Crippen molar-refractivity contribution in [1.82, 2.24) is 53.2 Å². The van der Waals surface area contributed by atoms with E-state index < -0.39 is 184 Å². The van der Waals surface area contributed by atoms with Crippen LogP contribution in [-0.2, 0) is 79.0 Å². The zero-order chi connectivity index (χ0) is 81.8. The fraction of sp³-hybridized carbons (Fsp3) is 0.506. The van der Waals surface area contributed by atoms with Crippen molar-refractivity contribution in [2.45, 2.75) is 198 Å². The van der Waals surface area contributed by atoms with E-state index in [1.165, 1.54) is 51.8 Å². The van der Waals surface area contributed by atoms with E-state index in [0.29, 0.717) is 39.1 Å². The van der Waals surface area contributed by atoms with E-state index in [2.05, 4.69) is 69.1 Å². The average molecular weight is 1610 g/mol. The summed E-state index contributed by atoms with van der Waals surface area (Å²) in [5.74, 6) is -11.5. The molecule has 5 rings (SSSR count). The zero-order valence-corrected chi connectivity index (χ0v) is 67.3. The second-order valence-corrected chi connectivity index (χ2v) is 32.2. The fourth-order valence-corrected chi connectivity index (χ4v) is 12.4. The van der Waals surface area contributed by atoms with Gasteiger partial charge >= 0.3 is 17.6 Å². The van der Waals surface area contributed by atoms with Gasteiger partial charge in [-0.15, -0.1) is 0 Å². The summed E-state index contributed by atoms with van der Waals surface area (Å²) >= 11 is 4.64. The number of amides is 10. The number of benzene rings is 4. The molecule has 31 heteroatoms. The van der Waals surface area contributed by atoms with Crippen molar-refractivity contribution in [3.63, 3.8) is 0 Å². The molecule has 1 aromatic heterocycles. The molecule has 1 heterocycles. The van der Waals surface area contributed by atoms with Gasteiger partial charge in [-0.1, -0.05) is 148 Å². The molecule has 0 aliphatic carbocycles. The van der Waals surface area contributed by atoms with Gasteiger partial charge in [0.2, 0.25) is 59.1 Å². The number of carbonyl (C=O) groups excluding carboxylic acids is 11. The predicted molar refractivity (Wildman–Crippen MR) is 420 cm³/mol. The lowest BCUT2D eigenvalue weighted by molar-refractivity contribution is -0.148. The highest BCUT2D eigenvalue weighted by atomic mass is 79.9. The van der Waals surface area contributed by atoms with Crippen LogP contribution in [0.15, 0.2) is 124 Å². The molecule has 29 nitrogen and oxygen atoms in total. The predicted octanol–water partition coefficient (Wildman–Crippen LogP) is 5.08. The van der Waals surface area contributed by atoms with Crippen molar-refractivity contribution >= 4 is 110 Å². The van der Waals surface area contributed by atoms with Gasteiger partial charge in [-0.2, -0.15) is 11.8 Å². The monoisotopic (exact) mass is 1610 g/mol. The van der Waals surface area contributed by atoms with Crippen molar-refractivity contribution in [2.24, 2.45) is 23.5 Å². The van der Waals surface area contributed by atoms with Crippen molar-refractivity contribution in [3.8, 4) is 5.75 Å². The number of hydrogen-bond acceptors (Lipinski definition) is 19. The third-order valence-electron chi connectivity index (χ3n) is 17.8. The van der Waals surface area contributed by atoms with Gasteiger partial charge in [0.05, 0.1) is 31.3 Å². The first kappa shape index (κ1) is 90.9. The molecule has 0 bridgehead atoms. The third kappa shape index (κ3) is 28.0. The zero-order valence-electron chi connectivity index (χ0n) is 64.9. The van der Waals surface area contributed by atoms with E-state index in [-0.39, 0.29) is 50.1 Å². The highest BCUT2D eigenvalue weighted by Crippen LogP contribution is 2.37. The van der Waals surface area contributed by atoms with Crippen LogP contribution in [0.2, 0.25) is 0 Å². The van der Waals surface area contributed by atoms with Gasteiger partial charge in [0, 0.05) is 30.5 Å². The Bertz CT molecular complexity index is 3930. The van der Waals surface area contributed by atoms with Gasteiger partial charge in [-0.05, 0) is 138 Å². The molecule has 0 saturated heterocycles. The smallest absolute Gasteiger partial charge is 0.336 e. The Balaban J connectivity index is 1.50. The van der Waals surface area contributed by atoms with Crippen LogP contribution in [0.5, 0.6) is 5.75 Å². The first-order valence-electron chi connectivity index (χ1n) is 36.6. The number of carboxylic acids is 1. The maximum atomic E-state index is 15.4. The Kier molecular flexibility index (Phi) is 35.6. The van der Waals surface area contributed by atoms with E-state index >= 15 is 19.2 Å². The minimum Gasteiger partial charge on any atom is -0.497 e. The van der Waals surface area contributed by atoms with Crippen molar-refractivity contribution < 1.29 is 81.3 Å². The number of hydrogen-bond donors (Lipinski definition) is 12. The molecule has 0 radical (unpaired) electrons. The van der Waals surface area contributed by atoms with Crippen LogP contribution in [0.3, 0.4) is 0 Å². The number of halogens is 1. The Morgan fingerprint density at radius 2 is 1.04 bits per heavy atom. The lowest BCUT2D eigenvalue weighted by atomic mass is 9.77. The Labute approximate surface area is 654 Å². The van der Waals surface area contributed by atoms with E-state index in [4.69, 9.17) is 24.4 Å². The SMILES string of the molecule is COc1ccc2c(CC(=O)NCCCC[C@H](NC(=O)[C@@H](NC(=O)[C@H](CCC(=O)NC(c3ccccc3)(c3ccccc3)c3ccccc3)NC(=O)[C@@H](NC(=O)[C@@H](NC(=O)[C@H](COC(=O)C(C)(C)Br)NC(=O)[C@H](CCSC)NC(=O)[C@@H](N)C(C)C)C(C)C)C(C)C)[C@@H](C)OC(C)(C)C)C(=O)NCC(=O)O)cc(=O)oc2c1. The molecule has 0 saturated carbocycles. The van der Waals surface area contributed by atoms with Crippen LogP contribution in [0.1, 0.15) is 144 Å². The number of nitrogens with two attached hydrogens (primary N) is 1. The standard InChI is InChI=1S/C79H108BrN11O18S/c1-45(2)64(81)72(101)84-57(37-39-110-14)69(98)87-58(44-107-76(105)78(11,12)80)71(100)88-66(47(5)6)74(103)89-65(46(3)4)73(102)86-56(35-36-60(92)91-79(50-26-18-15-19-27-50,51-28-20-16-21-29-51)52-30-22-17-23-31-52)70(99)90-67(48(7)109-77(8,9)10)75(104)85-55(68(97)83-43-62(94)95)32-24-25-38-82-61(93)40-49-41-63(96)108-59-42-53(106-13)33-34-54(49)59/h15-23,26-31,33-34,41-42,45-48,55-58,64-67H,24-25,32,35-40,43-44,81H2,1-14H3,(H,82,93)(H,83,97)(H,84,101)(H,85,104)(H,86,102)(H,87,98)(H,88,100)(H,89,103)(H,90,99)(H,91,92)(H,94,95)/t48-,55+,56+,57+,58+,64+,65+,66+,67+/m1/s1. The van der Waals surface area contributed by atoms with Crippen LogP contribution in [0.4, 0.5) is 0 Å². The van der Waals surface area contributed by atoms with Gasteiger partial charge in [-0.25, -0.2) is 4.79 Å². The van der Waals surface area contributed by atoms with Crippen molar-refractivity contribution in [1.29, 1.82) is 0 Å². The van der Waals surface area contributed by atoms with Gasteiger partial charge < -0.3 is 82.6 Å². The Hall–Kier alpha value is -9.72. The maximum absolute atomic E-state index is 15.4. The maximum Gasteiger partial charge on any atom is 0.336 e. The van der Waals surface area contributed by atoms with Crippen LogP contribution in [0.25, 0.3) is 11.0 Å². The molecule has 0 spiro atoms. The fourth-order valence-electron chi connectivity index (χ4n) is 11.8. The quantitative estimate of drug-likeness (QED) is 0.00795. The second-order valence-electron chi connectivity index (χ2n) is 29.3. The highest BCUT2D eigenvalue weighted by molar-refractivity contribution is 9.10. The molecule has 13 N–H and O–H groups in total. The summed E-state index contributed by atoms with van der Waals surface area (Å²) in [7, 11) is 1.46. The average Bonchev–Trinajstić information content (AvgIpc) is 0.760. The molecule has 5 aromatic rings. The van der Waals surface area contributed by atoms with Crippen molar-refractivity contribution in [3.05, 3.63) is 148 Å². The lowest BCUT2D eigenvalue weighted by Crippen LogP contribution is -2.63. The van der Waals surface area contributed by atoms with Gasteiger partial charge in [0.1, 0.15) is 76.6 Å². The topological polar surface area (TPSA) is 429 Å². The molecule has 0 aliphatic rings. The normalized spacial score (nSPS) is 14.2. The number of aliphatic carboxylic acids is 1. The number of thioether (sulfide) groups is 1. The minimum absolute atomic E-state index is 0.0718. The van der Waals surface area contributed by atoms with E-state index in [1.807, 2.05) is 91.0 Å². The van der Waals surface area contributed by atoms with Gasteiger partial charge in [-0.3, -0.25) is 57.5 Å². The number of ether oxygens (including phenoxy) is 3. The van der Waals surface area contributed by atoms with E-state index in [1.54, 1.807) is 80.7 Å². The number of rotatable bonds is 43. The van der Waals surface area contributed by atoms with E-state index in [0.717, 1.165) is 0 Å². The van der Waals surface area contributed by atoms with Crippen LogP contribution in [0, 0.1) is 17.8 Å². The first-order chi connectivity index (χ1) is 51.8. The number of esters is 1. The Morgan fingerprint density at radius 1 is 0.555 bits per heavy atom. The lowest BCUT2D eigenvalue weighted by Gasteiger charge is -2.37. The summed E-state index contributed by atoms with van der Waals surface area (Å²) in [5, 5.41) is 37.2. The molecular weight excluding hydrogens is 1500 g/mol. The first-order valence-corrected chi connectivity index (χ1v) is 38.7. The molecule has 10 amide bonds. The van der Waals surface area contributed by atoms with E-state index in [9.17, 15) is 48.3 Å². The number of carbonyl (C=O) groups is 12. The number of methoxy groups -OCH3 is 1. The summed E-state index contributed by atoms with van der Waals surface area (Å²) in [6.07, 6.45) is -0.193. The molecule has 0 unspecified atom stereocenters. The molecule has 600 valence electrons.